The quantitative estimate of drug-likeness (QED) is 0.570. The predicted octanol–water partition coefficient (Wildman–Crippen LogP) is 3.48. The number of anilines is 1. The summed E-state index contributed by atoms with van der Waals surface area (Å²) in [7, 11) is 1.76. The highest BCUT2D eigenvalue weighted by molar-refractivity contribution is 5.99. The molecule has 0 aromatic heterocycles. The third-order valence-corrected chi connectivity index (χ3v) is 6.70. The Labute approximate surface area is 211 Å². The zero-order valence-electron chi connectivity index (χ0n) is 21.0. The number of nitrogens with one attached hydrogen (secondary N) is 3. The standard InChI is InChI=1S/C27H34N4O5/c1-4-28-27(34)30-19-10-13-23-21(14-19)26(33)31(3)22-12-11-20(36-24(22)16-35-23)15-25(32)29-17(2)18-8-6-5-7-9-18/h5-10,13-14,17,20,22,24H,4,11-12,15-16H2,1-3H3,(H,29,32)(H2,28,30,34)/t17-,20-,22-,24-/m1/s1. The number of rotatable bonds is 6. The number of urea groups is 1. The molecule has 36 heavy (non-hydrogen) atoms. The van der Waals surface area contributed by atoms with Crippen molar-refractivity contribution < 1.29 is 23.9 Å². The smallest absolute Gasteiger partial charge is 0.319 e. The molecule has 0 bridgehead atoms. The first-order valence-electron chi connectivity index (χ1n) is 12.4. The molecule has 2 aliphatic heterocycles. The van der Waals surface area contributed by atoms with E-state index in [1.54, 1.807) is 30.1 Å². The summed E-state index contributed by atoms with van der Waals surface area (Å²) in [6.07, 6.45) is 1.03. The second-order valence-electron chi connectivity index (χ2n) is 9.27. The van der Waals surface area contributed by atoms with Crippen molar-refractivity contribution in [2.45, 2.75) is 57.4 Å². The molecule has 1 saturated heterocycles. The number of likely N-dealkylation sites (N-methyl/N-ethyl adjacent to an activating group) is 1. The van der Waals surface area contributed by atoms with E-state index in [0.717, 1.165) is 5.56 Å². The molecule has 4 rings (SSSR count). The van der Waals surface area contributed by atoms with Crippen molar-refractivity contribution >= 4 is 23.5 Å². The Hall–Kier alpha value is -3.59. The predicted molar refractivity (Wildman–Crippen MR) is 136 cm³/mol. The number of carbonyl (C=O) groups excluding carboxylic acids is 3. The van der Waals surface area contributed by atoms with Gasteiger partial charge >= 0.3 is 6.03 Å². The van der Waals surface area contributed by atoms with E-state index in [2.05, 4.69) is 16.0 Å². The maximum Gasteiger partial charge on any atom is 0.319 e. The van der Waals surface area contributed by atoms with Crippen LogP contribution < -0.4 is 20.7 Å². The summed E-state index contributed by atoms with van der Waals surface area (Å²) in [5, 5.41) is 8.44. The summed E-state index contributed by atoms with van der Waals surface area (Å²) in [6, 6.07) is 14.2. The Morgan fingerprint density at radius 1 is 1.14 bits per heavy atom. The molecule has 2 heterocycles. The van der Waals surface area contributed by atoms with Gasteiger partial charge in [0.25, 0.3) is 5.91 Å². The van der Waals surface area contributed by atoms with Crippen molar-refractivity contribution in [3.63, 3.8) is 0 Å². The molecule has 0 saturated carbocycles. The molecule has 3 N–H and O–H groups in total. The van der Waals surface area contributed by atoms with Gasteiger partial charge in [-0.05, 0) is 50.5 Å². The van der Waals surface area contributed by atoms with Crippen LogP contribution in [0.15, 0.2) is 48.5 Å². The van der Waals surface area contributed by atoms with Crippen LogP contribution in [0.5, 0.6) is 5.75 Å². The average Bonchev–Trinajstić information content (AvgIpc) is 2.87. The molecule has 4 amide bonds. The third-order valence-electron chi connectivity index (χ3n) is 6.70. The molecule has 0 radical (unpaired) electrons. The summed E-state index contributed by atoms with van der Waals surface area (Å²) in [5.41, 5.74) is 1.95. The lowest BCUT2D eigenvalue weighted by atomic mass is 9.94. The monoisotopic (exact) mass is 494 g/mol. The summed E-state index contributed by atoms with van der Waals surface area (Å²) in [6.45, 7) is 4.55. The first-order chi connectivity index (χ1) is 17.4. The lowest BCUT2D eigenvalue weighted by molar-refractivity contribution is -0.134. The highest BCUT2D eigenvalue weighted by Gasteiger charge is 2.39. The molecule has 2 aromatic carbocycles. The molecule has 192 valence electrons. The number of hydrogen-bond acceptors (Lipinski definition) is 5. The number of nitrogens with zero attached hydrogens (tertiary/aromatic N) is 1. The number of benzene rings is 2. The highest BCUT2D eigenvalue weighted by Crippen LogP contribution is 2.32. The van der Waals surface area contributed by atoms with E-state index in [1.165, 1.54) is 0 Å². The Morgan fingerprint density at radius 3 is 2.67 bits per heavy atom. The molecule has 2 aliphatic rings. The van der Waals surface area contributed by atoms with Gasteiger partial charge < -0.3 is 30.3 Å². The number of amides is 4. The summed E-state index contributed by atoms with van der Waals surface area (Å²) >= 11 is 0. The van der Waals surface area contributed by atoms with E-state index in [4.69, 9.17) is 9.47 Å². The molecule has 0 unspecified atom stereocenters. The molecule has 4 atom stereocenters. The van der Waals surface area contributed by atoms with Crippen LogP contribution in [0.4, 0.5) is 10.5 Å². The molecular formula is C27H34N4O5. The summed E-state index contributed by atoms with van der Waals surface area (Å²) in [4.78, 5) is 39.6. The lowest BCUT2D eigenvalue weighted by Crippen LogP contribution is -2.54. The van der Waals surface area contributed by atoms with Crippen molar-refractivity contribution in [3.8, 4) is 5.75 Å². The maximum absolute atomic E-state index is 13.3. The minimum atomic E-state index is -0.349. The largest absolute Gasteiger partial charge is 0.490 e. The number of carbonyl (C=O) groups is 3. The Balaban J connectivity index is 1.39. The fourth-order valence-electron chi connectivity index (χ4n) is 4.77. The van der Waals surface area contributed by atoms with Crippen LogP contribution in [0.25, 0.3) is 0 Å². The van der Waals surface area contributed by atoms with Gasteiger partial charge in [-0.15, -0.1) is 0 Å². The average molecular weight is 495 g/mol. The normalized spacial score (nSPS) is 22.1. The summed E-state index contributed by atoms with van der Waals surface area (Å²) in [5.74, 6) is 0.172. The van der Waals surface area contributed by atoms with Crippen LogP contribution in [-0.2, 0) is 9.53 Å². The Kier molecular flexibility index (Phi) is 8.10. The van der Waals surface area contributed by atoms with Crippen molar-refractivity contribution in [1.29, 1.82) is 0 Å². The fourth-order valence-corrected chi connectivity index (χ4v) is 4.77. The zero-order chi connectivity index (χ0) is 25.7. The van der Waals surface area contributed by atoms with Crippen LogP contribution in [0.3, 0.4) is 0 Å². The SMILES string of the molecule is CCNC(=O)Nc1ccc2c(c1)C(=O)N(C)[C@@H]1CC[C@H](CC(=O)N[C@H](C)c3ccccc3)O[C@@H]1CO2. The minimum Gasteiger partial charge on any atom is -0.490 e. The fraction of sp³-hybridized carbons (Fsp3) is 0.444. The van der Waals surface area contributed by atoms with Crippen LogP contribution in [0.1, 0.15) is 55.1 Å². The molecule has 9 heteroatoms. The summed E-state index contributed by atoms with van der Waals surface area (Å²) < 4.78 is 12.3. The van der Waals surface area contributed by atoms with Gasteiger partial charge in [-0.25, -0.2) is 4.79 Å². The van der Waals surface area contributed by atoms with Crippen molar-refractivity contribution in [2.75, 3.05) is 25.5 Å². The molecule has 0 spiro atoms. The van der Waals surface area contributed by atoms with Gasteiger partial charge in [0, 0.05) is 19.3 Å². The number of ether oxygens (including phenoxy) is 2. The zero-order valence-corrected chi connectivity index (χ0v) is 21.0. The molecular weight excluding hydrogens is 460 g/mol. The lowest BCUT2D eigenvalue weighted by Gasteiger charge is -2.42. The first-order valence-corrected chi connectivity index (χ1v) is 12.4. The van der Waals surface area contributed by atoms with Crippen LogP contribution >= 0.6 is 0 Å². The van der Waals surface area contributed by atoms with Crippen LogP contribution in [0.2, 0.25) is 0 Å². The second-order valence-corrected chi connectivity index (χ2v) is 9.27. The third kappa shape index (κ3) is 5.96. The van der Waals surface area contributed by atoms with Crippen LogP contribution in [-0.4, -0.2) is 61.2 Å². The van der Waals surface area contributed by atoms with E-state index in [9.17, 15) is 14.4 Å². The van der Waals surface area contributed by atoms with Gasteiger partial charge in [-0.3, -0.25) is 9.59 Å². The van der Waals surface area contributed by atoms with E-state index in [0.29, 0.717) is 36.4 Å². The minimum absolute atomic E-state index is 0.0662. The second kappa shape index (κ2) is 11.4. The maximum atomic E-state index is 13.3. The molecule has 2 aromatic rings. The van der Waals surface area contributed by atoms with E-state index in [-0.39, 0.29) is 55.2 Å². The van der Waals surface area contributed by atoms with Crippen molar-refractivity contribution in [1.82, 2.24) is 15.5 Å². The molecule has 9 nitrogen and oxygen atoms in total. The van der Waals surface area contributed by atoms with Gasteiger partial charge in [-0.2, -0.15) is 0 Å². The molecule has 0 aliphatic carbocycles. The van der Waals surface area contributed by atoms with Gasteiger partial charge in [0.05, 0.1) is 30.2 Å². The van der Waals surface area contributed by atoms with Gasteiger partial charge in [0.2, 0.25) is 5.91 Å². The van der Waals surface area contributed by atoms with E-state index in [1.807, 2.05) is 44.2 Å². The Morgan fingerprint density at radius 2 is 1.92 bits per heavy atom. The van der Waals surface area contributed by atoms with Crippen molar-refractivity contribution in [3.05, 3.63) is 59.7 Å². The van der Waals surface area contributed by atoms with Gasteiger partial charge in [0.1, 0.15) is 18.5 Å². The van der Waals surface area contributed by atoms with Crippen molar-refractivity contribution in [2.24, 2.45) is 0 Å². The Bertz CT molecular complexity index is 1090. The number of hydrogen-bond donors (Lipinski definition) is 3. The number of fused-ring (bicyclic) bond motifs is 2. The molecule has 1 fully saturated rings. The van der Waals surface area contributed by atoms with Gasteiger partial charge in [0.15, 0.2) is 0 Å². The topological polar surface area (TPSA) is 109 Å². The van der Waals surface area contributed by atoms with E-state index < -0.39 is 0 Å². The first kappa shape index (κ1) is 25.5. The van der Waals surface area contributed by atoms with Crippen LogP contribution in [0, 0.1) is 0 Å². The highest BCUT2D eigenvalue weighted by atomic mass is 16.5. The van der Waals surface area contributed by atoms with Gasteiger partial charge in [-0.1, -0.05) is 30.3 Å². The van der Waals surface area contributed by atoms with E-state index >= 15 is 0 Å².